The molecule has 0 aliphatic heterocycles. The summed E-state index contributed by atoms with van der Waals surface area (Å²) in [5.74, 6) is 0.874. The molecule has 1 unspecified atom stereocenters. The highest BCUT2D eigenvalue weighted by atomic mass is 15.0. The Morgan fingerprint density at radius 2 is 1.85 bits per heavy atom. The predicted molar refractivity (Wildman–Crippen MR) is 82.7 cm³/mol. The number of nitrogens with zero attached hydrogens (tertiary/aromatic N) is 2. The zero-order valence-electron chi connectivity index (χ0n) is 12.6. The summed E-state index contributed by atoms with van der Waals surface area (Å²) in [7, 11) is 0. The molecule has 0 bridgehead atoms. The predicted octanol–water partition coefficient (Wildman–Crippen LogP) is 3.38. The molecule has 3 heteroatoms. The van der Waals surface area contributed by atoms with Gasteiger partial charge in [0, 0.05) is 12.4 Å². The second-order valence-electron chi connectivity index (χ2n) is 5.24. The quantitative estimate of drug-likeness (QED) is 0.873. The first-order valence-electron chi connectivity index (χ1n) is 7.27. The van der Waals surface area contributed by atoms with Crippen molar-refractivity contribution in [3.63, 3.8) is 0 Å². The highest BCUT2D eigenvalue weighted by Crippen LogP contribution is 2.17. The number of aromatic nitrogens is 2. The number of benzene rings is 1. The molecular weight excluding hydrogens is 246 g/mol. The van der Waals surface area contributed by atoms with E-state index < -0.39 is 0 Å². The Morgan fingerprint density at radius 1 is 1.10 bits per heavy atom. The van der Waals surface area contributed by atoms with E-state index in [1.165, 1.54) is 16.7 Å². The standard InChI is InChI=1S/C17H23N3/c1-4-8-18-16(17-19-9-5-10-20-17)12-15-7-6-13(2)14(3)11-15/h5-7,9-11,16,18H,4,8,12H2,1-3H3. The van der Waals surface area contributed by atoms with Crippen molar-refractivity contribution in [2.24, 2.45) is 0 Å². The van der Waals surface area contributed by atoms with Gasteiger partial charge in [0.15, 0.2) is 0 Å². The zero-order chi connectivity index (χ0) is 14.4. The second-order valence-corrected chi connectivity index (χ2v) is 5.24. The van der Waals surface area contributed by atoms with Crippen LogP contribution in [-0.4, -0.2) is 16.5 Å². The van der Waals surface area contributed by atoms with Crippen LogP contribution in [0.15, 0.2) is 36.7 Å². The van der Waals surface area contributed by atoms with Gasteiger partial charge in [-0.3, -0.25) is 0 Å². The Morgan fingerprint density at radius 3 is 2.50 bits per heavy atom. The van der Waals surface area contributed by atoms with Gasteiger partial charge in [-0.15, -0.1) is 0 Å². The highest BCUT2D eigenvalue weighted by Gasteiger charge is 2.14. The SMILES string of the molecule is CCCNC(Cc1ccc(C)c(C)c1)c1ncccn1. The third-order valence-corrected chi connectivity index (χ3v) is 3.55. The summed E-state index contributed by atoms with van der Waals surface area (Å²) in [4.78, 5) is 8.79. The fourth-order valence-electron chi connectivity index (χ4n) is 2.23. The first kappa shape index (κ1) is 14.7. The van der Waals surface area contributed by atoms with Crippen LogP contribution in [0.25, 0.3) is 0 Å². The largest absolute Gasteiger partial charge is 0.307 e. The van der Waals surface area contributed by atoms with Crippen molar-refractivity contribution in [3.05, 3.63) is 59.2 Å². The molecule has 0 radical (unpaired) electrons. The minimum atomic E-state index is 0.179. The second kappa shape index (κ2) is 7.15. The Bertz CT molecular complexity index is 537. The van der Waals surface area contributed by atoms with Gasteiger partial charge in [-0.2, -0.15) is 0 Å². The van der Waals surface area contributed by atoms with Gasteiger partial charge in [-0.1, -0.05) is 25.1 Å². The average molecular weight is 269 g/mol. The number of hydrogen-bond donors (Lipinski definition) is 1. The van der Waals surface area contributed by atoms with E-state index in [1.54, 1.807) is 0 Å². The monoisotopic (exact) mass is 269 g/mol. The molecular formula is C17H23N3. The summed E-state index contributed by atoms with van der Waals surface area (Å²) in [5, 5.41) is 3.54. The summed E-state index contributed by atoms with van der Waals surface area (Å²) in [6.45, 7) is 7.46. The molecule has 0 spiro atoms. The van der Waals surface area contributed by atoms with Crippen molar-refractivity contribution in [1.82, 2.24) is 15.3 Å². The van der Waals surface area contributed by atoms with Crippen molar-refractivity contribution in [2.45, 2.75) is 39.7 Å². The normalized spacial score (nSPS) is 12.3. The van der Waals surface area contributed by atoms with Crippen LogP contribution >= 0.6 is 0 Å². The van der Waals surface area contributed by atoms with Gasteiger partial charge in [-0.05, 0) is 56.0 Å². The molecule has 0 aliphatic rings. The first-order valence-corrected chi connectivity index (χ1v) is 7.27. The van der Waals surface area contributed by atoms with E-state index in [1.807, 2.05) is 18.5 Å². The van der Waals surface area contributed by atoms with Crippen LogP contribution in [0.4, 0.5) is 0 Å². The van der Waals surface area contributed by atoms with Crippen LogP contribution in [0.5, 0.6) is 0 Å². The summed E-state index contributed by atoms with van der Waals surface area (Å²) >= 11 is 0. The molecule has 0 amide bonds. The van der Waals surface area contributed by atoms with Crippen molar-refractivity contribution in [3.8, 4) is 0 Å². The lowest BCUT2D eigenvalue weighted by Gasteiger charge is -2.17. The molecule has 1 aromatic carbocycles. The molecule has 0 aliphatic carbocycles. The van der Waals surface area contributed by atoms with Crippen LogP contribution in [0.2, 0.25) is 0 Å². The minimum absolute atomic E-state index is 0.179. The van der Waals surface area contributed by atoms with E-state index in [0.717, 1.165) is 25.2 Å². The van der Waals surface area contributed by atoms with Gasteiger partial charge >= 0.3 is 0 Å². The highest BCUT2D eigenvalue weighted by molar-refractivity contribution is 5.30. The fourth-order valence-corrected chi connectivity index (χ4v) is 2.23. The van der Waals surface area contributed by atoms with Gasteiger partial charge < -0.3 is 5.32 Å². The van der Waals surface area contributed by atoms with Gasteiger partial charge in [-0.25, -0.2) is 9.97 Å². The topological polar surface area (TPSA) is 37.8 Å². The van der Waals surface area contributed by atoms with Crippen molar-refractivity contribution in [1.29, 1.82) is 0 Å². The molecule has 0 saturated carbocycles. The third-order valence-electron chi connectivity index (χ3n) is 3.55. The van der Waals surface area contributed by atoms with Crippen molar-refractivity contribution >= 4 is 0 Å². The molecule has 2 aromatic rings. The molecule has 20 heavy (non-hydrogen) atoms. The lowest BCUT2D eigenvalue weighted by atomic mass is 10.0. The smallest absolute Gasteiger partial charge is 0.145 e. The minimum Gasteiger partial charge on any atom is -0.307 e. The molecule has 1 N–H and O–H groups in total. The summed E-state index contributed by atoms with van der Waals surface area (Å²) < 4.78 is 0. The first-order chi connectivity index (χ1) is 9.70. The van der Waals surface area contributed by atoms with E-state index in [0.29, 0.717) is 0 Å². The average Bonchev–Trinajstić information content (AvgIpc) is 2.48. The van der Waals surface area contributed by atoms with Crippen LogP contribution in [0.1, 0.15) is 41.9 Å². The Kier molecular flexibility index (Phi) is 5.24. The molecule has 1 aromatic heterocycles. The summed E-state index contributed by atoms with van der Waals surface area (Å²) in [6.07, 6.45) is 5.65. The van der Waals surface area contributed by atoms with E-state index in [9.17, 15) is 0 Å². The van der Waals surface area contributed by atoms with Crippen molar-refractivity contribution < 1.29 is 0 Å². The molecule has 1 heterocycles. The van der Waals surface area contributed by atoms with E-state index in [-0.39, 0.29) is 6.04 Å². The number of aryl methyl sites for hydroxylation is 2. The van der Waals surface area contributed by atoms with Crippen LogP contribution in [-0.2, 0) is 6.42 Å². The van der Waals surface area contributed by atoms with E-state index >= 15 is 0 Å². The maximum atomic E-state index is 4.39. The lowest BCUT2D eigenvalue weighted by molar-refractivity contribution is 0.504. The number of nitrogens with one attached hydrogen (secondary N) is 1. The summed E-state index contributed by atoms with van der Waals surface area (Å²) in [6, 6.07) is 8.69. The Hall–Kier alpha value is -1.74. The van der Waals surface area contributed by atoms with Crippen molar-refractivity contribution in [2.75, 3.05) is 6.54 Å². The third kappa shape index (κ3) is 3.87. The Labute approximate surface area is 121 Å². The number of rotatable bonds is 6. The lowest BCUT2D eigenvalue weighted by Crippen LogP contribution is -2.25. The van der Waals surface area contributed by atoms with E-state index in [4.69, 9.17) is 0 Å². The Balaban J connectivity index is 2.17. The zero-order valence-corrected chi connectivity index (χ0v) is 12.6. The van der Waals surface area contributed by atoms with Crippen LogP contribution in [0, 0.1) is 13.8 Å². The maximum absolute atomic E-state index is 4.39. The molecule has 1 atom stereocenters. The molecule has 2 rings (SSSR count). The van der Waals surface area contributed by atoms with Gasteiger partial charge in [0.1, 0.15) is 5.82 Å². The summed E-state index contributed by atoms with van der Waals surface area (Å²) in [5.41, 5.74) is 4.00. The maximum Gasteiger partial charge on any atom is 0.145 e. The van der Waals surface area contributed by atoms with E-state index in [2.05, 4.69) is 54.3 Å². The molecule has 0 fully saturated rings. The van der Waals surface area contributed by atoms with Crippen LogP contribution < -0.4 is 5.32 Å². The van der Waals surface area contributed by atoms with Crippen LogP contribution in [0.3, 0.4) is 0 Å². The van der Waals surface area contributed by atoms with Gasteiger partial charge in [0.25, 0.3) is 0 Å². The fraction of sp³-hybridized carbons (Fsp3) is 0.412. The van der Waals surface area contributed by atoms with Gasteiger partial charge in [0.2, 0.25) is 0 Å². The molecule has 3 nitrogen and oxygen atoms in total. The number of hydrogen-bond acceptors (Lipinski definition) is 3. The molecule has 106 valence electrons. The van der Waals surface area contributed by atoms with Gasteiger partial charge in [0.05, 0.1) is 6.04 Å². The molecule has 0 saturated heterocycles.